The Kier molecular flexibility index (Phi) is 6.82. The van der Waals surface area contributed by atoms with Crippen molar-refractivity contribution in [3.05, 3.63) is 189 Å². The molecule has 0 unspecified atom stereocenters. The average molecular weight is 770 g/mol. The van der Waals surface area contributed by atoms with Gasteiger partial charge in [0.1, 0.15) is 0 Å². The van der Waals surface area contributed by atoms with E-state index in [1.807, 2.05) is 42.2 Å². The molecule has 13 rings (SSSR count). The van der Waals surface area contributed by atoms with Crippen LogP contribution in [0.25, 0.3) is 119 Å². The first-order valence-corrected chi connectivity index (χ1v) is 20.6. The Morgan fingerprint density at radius 2 is 1.20 bits per heavy atom. The molecule has 7 aromatic carbocycles. The maximum absolute atomic E-state index is 4.78. The van der Waals surface area contributed by atoms with Crippen molar-refractivity contribution in [2.24, 2.45) is 0 Å². The Morgan fingerprint density at radius 1 is 0.407 bits per heavy atom. The van der Waals surface area contributed by atoms with E-state index in [9.17, 15) is 0 Å². The minimum atomic E-state index is 0.894. The molecule has 59 heavy (non-hydrogen) atoms. The van der Waals surface area contributed by atoms with Crippen LogP contribution >= 0.6 is 11.3 Å². The number of hydrogen-bond acceptors (Lipinski definition) is 4. The van der Waals surface area contributed by atoms with Crippen molar-refractivity contribution < 1.29 is 0 Å². The van der Waals surface area contributed by atoms with E-state index in [0.29, 0.717) is 0 Å². The molecular formula is C53H31N5S. The summed E-state index contributed by atoms with van der Waals surface area (Å²) in [5.74, 6) is 0. The molecule has 0 radical (unpaired) electrons. The number of pyridine rings is 3. The van der Waals surface area contributed by atoms with Gasteiger partial charge in [-0.2, -0.15) is 0 Å². The topological polar surface area (TPSA) is 48.5 Å². The minimum Gasteiger partial charge on any atom is -0.309 e. The van der Waals surface area contributed by atoms with Crippen LogP contribution in [0.2, 0.25) is 0 Å². The van der Waals surface area contributed by atoms with E-state index in [4.69, 9.17) is 4.98 Å². The van der Waals surface area contributed by atoms with Crippen LogP contribution in [0.4, 0.5) is 0 Å². The summed E-state index contributed by atoms with van der Waals surface area (Å²) in [6, 6.07) is 57.3. The van der Waals surface area contributed by atoms with Gasteiger partial charge in [-0.25, -0.2) is 0 Å². The summed E-state index contributed by atoms with van der Waals surface area (Å²) < 4.78 is 7.41. The van der Waals surface area contributed by atoms with Gasteiger partial charge in [0.05, 0.1) is 27.8 Å². The maximum atomic E-state index is 4.78. The molecule has 0 spiro atoms. The zero-order valence-electron chi connectivity index (χ0n) is 31.5. The molecular weight excluding hydrogens is 739 g/mol. The van der Waals surface area contributed by atoms with Crippen LogP contribution in [0, 0.1) is 0 Å². The molecule has 5 nitrogen and oxygen atoms in total. The lowest BCUT2D eigenvalue weighted by Gasteiger charge is -2.12. The lowest BCUT2D eigenvalue weighted by Crippen LogP contribution is -1.96. The summed E-state index contributed by atoms with van der Waals surface area (Å²) in [6.45, 7) is 0. The molecule has 6 heterocycles. The highest BCUT2D eigenvalue weighted by Crippen LogP contribution is 2.50. The fourth-order valence-corrected chi connectivity index (χ4v) is 11.0. The second kappa shape index (κ2) is 12.4. The van der Waals surface area contributed by atoms with Crippen molar-refractivity contribution in [2.75, 3.05) is 0 Å². The fourth-order valence-electron chi connectivity index (χ4n) is 9.63. The molecule has 6 heteroatoms. The molecule has 0 atom stereocenters. The highest BCUT2D eigenvalue weighted by molar-refractivity contribution is 7.28. The highest BCUT2D eigenvalue weighted by atomic mass is 32.1. The fraction of sp³-hybridized carbons (Fsp3) is 0. The second-order valence-electron chi connectivity index (χ2n) is 15.2. The molecule has 0 saturated heterocycles. The van der Waals surface area contributed by atoms with Crippen LogP contribution in [0.1, 0.15) is 0 Å². The summed E-state index contributed by atoms with van der Waals surface area (Å²) in [7, 11) is 0. The molecule has 0 aliphatic carbocycles. The Morgan fingerprint density at radius 3 is 2.10 bits per heavy atom. The SMILES string of the molecule is c1ccc(-n2c3ccncc3c3cc(-c4cccc5ccc6c(sc7c8ccccc8c8c(c9ccccc9n8-c8ccnc(-c9cccnc9)c8)c67)c45)ccc32)cc1. The number of para-hydroxylation sites is 2. The zero-order valence-corrected chi connectivity index (χ0v) is 32.4. The Labute approximate surface area is 341 Å². The average Bonchev–Trinajstić information content (AvgIpc) is 3.98. The van der Waals surface area contributed by atoms with Crippen molar-refractivity contribution in [1.82, 2.24) is 24.1 Å². The van der Waals surface area contributed by atoms with Crippen LogP contribution in [-0.2, 0) is 0 Å². The van der Waals surface area contributed by atoms with Gasteiger partial charge in [-0.1, -0.05) is 97.1 Å². The van der Waals surface area contributed by atoms with Gasteiger partial charge in [-0.05, 0) is 77.2 Å². The van der Waals surface area contributed by atoms with E-state index in [2.05, 4.69) is 171 Å². The molecule has 0 bridgehead atoms. The molecule has 6 aromatic heterocycles. The molecule has 0 N–H and O–H groups in total. The number of nitrogens with zero attached hydrogens (tertiary/aromatic N) is 5. The molecule has 0 fully saturated rings. The summed E-state index contributed by atoms with van der Waals surface area (Å²) in [4.78, 5) is 13.7. The van der Waals surface area contributed by atoms with Crippen LogP contribution in [-0.4, -0.2) is 24.1 Å². The van der Waals surface area contributed by atoms with Crippen molar-refractivity contribution in [2.45, 2.75) is 0 Å². The quantitative estimate of drug-likeness (QED) is 0.179. The predicted molar refractivity (Wildman–Crippen MR) is 247 cm³/mol. The summed E-state index contributed by atoms with van der Waals surface area (Å²) in [5.41, 5.74) is 11.2. The van der Waals surface area contributed by atoms with Gasteiger partial charge in [0, 0.05) is 106 Å². The molecule has 274 valence electrons. The number of fused-ring (bicyclic) bond motifs is 15. The van der Waals surface area contributed by atoms with Gasteiger partial charge < -0.3 is 9.13 Å². The lowest BCUT2D eigenvalue weighted by molar-refractivity contribution is 1.16. The third kappa shape index (κ3) is 4.63. The summed E-state index contributed by atoms with van der Waals surface area (Å²) >= 11 is 1.92. The number of thiophene rings is 1. The first-order chi connectivity index (χ1) is 29.3. The molecule has 0 saturated carbocycles. The van der Waals surface area contributed by atoms with Crippen molar-refractivity contribution in [1.29, 1.82) is 0 Å². The Bertz CT molecular complexity index is 3840. The number of hydrogen-bond donors (Lipinski definition) is 0. The smallest absolute Gasteiger partial charge is 0.0738 e. The van der Waals surface area contributed by atoms with Crippen molar-refractivity contribution in [3.63, 3.8) is 0 Å². The van der Waals surface area contributed by atoms with Crippen LogP contribution in [0.3, 0.4) is 0 Å². The summed E-state index contributed by atoms with van der Waals surface area (Å²) in [5, 5.41) is 12.4. The Balaban J connectivity index is 1.12. The zero-order chi connectivity index (χ0) is 38.6. The number of benzene rings is 7. The third-order valence-electron chi connectivity index (χ3n) is 12.1. The van der Waals surface area contributed by atoms with Gasteiger partial charge in [-0.15, -0.1) is 11.3 Å². The van der Waals surface area contributed by atoms with Crippen LogP contribution < -0.4 is 0 Å². The van der Waals surface area contributed by atoms with E-state index in [-0.39, 0.29) is 0 Å². The van der Waals surface area contributed by atoms with E-state index >= 15 is 0 Å². The maximum Gasteiger partial charge on any atom is 0.0738 e. The van der Waals surface area contributed by atoms with Gasteiger partial charge in [0.2, 0.25) is 0 Å². The third-order valence-corrected chi connectivity index (χ3v) is 13.4. The van der Waals surface area contributed by atoms with E-state index in [1.54, 1.807) is 6.20 Å². The van der Waals surface area contributed by atoms with Gasteiger partial charge in [-0.3, -0.25) is 15.0 Å². The van der Waals surface area contributed by atoms with Crippen molar-refractivity contribution in [3.8, 4) is 33.8 Å². The van der Waals surface area contributed by atoms with Gasteiger partial charge >= 0.3 is 0 Å². The molecule has 0 aliphatic rings. The van der Waals surface area contributed by atoms with Crippen LogP contribution in [0.15, 0.2) is 189 Å². The van der Waals surface area contributed by atoms with Crippen LogP contribution in [0.5, 0.6) is 0 Å². The van der Waals surface area contributed by atoms with E-state index in [1.165, 1.54) is 85.6 Å². The monoisotopic (exact) mass is 769 g/mol. The minimum absolute atomic E-state index is 0.894. The van der Waals surface area contributed by atoms with E-state index in [0.717, 1.165) is 33.5 Å². The Hall–Kier alpha value is -7.67. The van der Waals surface area contributed by atoms with E-state index < -0.39 is 0 Å². The van der Waals surface area contributed by atoms with Gasteiger partial charge in [0.15, 0.2) is 0 Å². The normalized spacial score (nSPS) is 12.1. The number of rotatable bonds is 4. The summed E-state index contributed by atoms with van der Waals surface area (Å²) in [6.07, 6.45) is 9.49. The standard InChI is InChI=1S/C53H31N5S/c1-2-12-35(13-3-1)57-46-22-20-33(28-42(46)43-31-55-26-24-47(43)57)37-17-8-10-32-19-21-41-50-49-40-16-6-7-18-45(40)58(36-23-27-56-44(29-36)34-11-9-25-54-30-34)51(49)38-14-4-5-15-39(38)52(50)59-53(41)48(32)37/h1-31H. The molecule has 13 aromatic rings. The van der Waals surface area contributed by atoms with Gasteiger partial charge in [0.25, 0.3) is 0 Å². The lowest BCUT2D eigenvalue weighted by atomic mass is 9.94. The number of aromatic nitrogens is 5. The first kappa shape index (κ1) is 32.4. The second-order valence-corrected chi connectivity index (χ2v) is 16.2. The predicted octanol–water partition coefficient (Wildman–Crippen LogP) is 14.1. The first-order valence-electron chi connectivity index (χ1n) is 19.8. The molecule has 0 aliphatic heterocycles. The van der Waals surface area contributed by atoms with Crippen molar-refractivity contribution >= 4 is 96.7 Å². The largest absolute Gasteiger partial charge is 0.309 e. The highest BCUT2D eigenvalue weighted by Gasteiger charge is 2.24. The molecule has 0 amide bonds.